The van der Waals surface area contributed by atoms with Gasteiger partial charge in [-0.25, -0.2) is 12.7 Å². The van der Waals surface area contributed by atoms with E-state index in [2.05, 4.69) is 15.2 Å². The second kappa shape index (κ2) is 10.2. The number of nitrogens with one attached hydrogen (secondary N) is 1. The third-order valence-corrected chi connectivity index (χ3v) is 6.51. The van der Waals surface area contributed by atoms with Gasteiger partial charge in [-0.2, -0.15) is 11.8 Å². The molecule has 130 valence electrons. The van der Waals surface area contributed by atoms with E-state index in [4.69, 9.17) is 0 Å². The molecule has 0 spiro atoms. The van der Waals surface area contributed by atoms with Gasteiger partial charge in [0.1, 0.15) is 0 Å². The topological polar surface area (TPSA) is 65.0 Å². The summed E-state index contributed by atoms with van der Waals surface area (Å²) in [6.45, 7) is 6.50. The van der Waals surface area contributed by atoms with Gasteiger partial charge in [0.05, 0.1) is 12.3 Å². The molecule has 0 bridgehead atoms. The minimum Gasteiger partial charge on any atom is -0.357 e. The van der Waals surface area contributed by atoms with Crippen molar-refractivity contribution in [2.75, 3.05) is 56.5 Å². The van der Waals surface area contributed by atoms with Gasteiger partial charge in [-0.3, -0.25) is 4.99 Å². The molecule has 6 nitrogen and oxygen atoms in total. The molecule has 2 fully saturated rings. The van der Waals surface area contributed by atoms with Crippen molar-refractivity contribution in [1.82, 2.24) is 14.5 Å². The fourth-order valence-electron chi connectivity index (χ4n) is 2.58. The second-order valence-corrected chi connectivity index (χ2v) is 8.57. The average Bonchev–Trinajstić information content (AvgIpc) is 3.01. The highest BCUT2D eigenvalue weighted by Gasteiger charge is 2.24. The van der Waals surface area contributed by atoms with Gasteiger partial charge in [-0.15, -0.1) is 24.0 Å². The lowest BCUT2D eigenvalue weighted by Crippen LogP contribution is -2.41. The van der Waals surface area contributed by atoms with E-state index in [1.54, 1.807) is 4.31 Å². The Morgan fingerprint density at radius 2 is 1.82 bits per heavy atom. The molecule has 2 rings (SSSR count). The summed E-state index contributed by atoms with van der Waals surface area (Å²) in [6.07, 6.45) is 2.38. The molecule has 0 aromatic rings. The summed E-state index contributed by atoms with van der Waals surface area (Å²) in [5.74, 6) is 2.78. The van der Waals surface area contributed by atoms with Crippen LogP contribution in [0.4, 0.5) is 0 Å². The maximum absolute atomic E-state index is 12.3. The molecule has 2 aliphatic rings. The van der Waals surface area contributed by atoms with Crippen molar-refractivity contribution < 1.29 is 8.42 Å². The van der Waals surface area contributed by atoms with Gasteiger partial charge in [-0.1, -0.05) is 0 Å². The fourth-order valence-corrected chi connectivity index (χ4v) is 5.03. The highest BCUT2D eigenvalue weighted by Crippen LogP contribution is 2.13. The molecule has 0 aromatic carbocycles. The Labute approximate surface area is 155 Å². The van der Waals surface area contributed by atoms with Crippen molar-refractivity contribution in [2.45, 2.75) is 19.8 Å². The molecule has 0 aliphatic carbocycles. The van der Waals surface area contributed by atoms with Crippen molar-refractivity contribution >= 4 is 51.7 Å². The molecular weight excluding hydrogens is 435 g/mol. The lowest BCUT2D eigenvalue weighted by Gasteiger charge is -2.25. The number of thioether (sulfide) groups is 1. The van der Waals surface area contributed by atoms with Crippen LogP contribution in [0, 0.1) is 0 Å². The maximum atomic E-state index is 12.3. The van der Waals surface area contributed by atoms with Crippen LogP contribution in [0.15, 0.2) is 4.99 Å². The van der Waals surface area contributed by atoms with Crippen LogP contribution in [0.25, 0.3) is 0 Å². The highest BCUT2D eigenvalue weighted by molar-refractivity contribution is 14.0. The van der Waals surface area contributed by atoms with Gasteiger partial charge in [0.25, 0.3) is 0 Å². The van der Waals surface area contributed by atoms with Gasteiger partial charge < -0.3 is 10.2 Å². The third-order valence-electron chi connectivity index (χ3n) is 3.71. The summed E-state index contributed by atoms with van der Waals surface area (Å²) < 4.78 is 26.1. The zero-order valence-corrected chi connectivity index (χ0v) is 17.1. The van der Waals surface area contributed by atoms with Crippen LogP contribution in [0.1, 0.15) is 19.8 Å². The first kappa shape index (κ1) is 20.3. The van der Waals surface area contributed by atoms with E-state index in [1.165, 1.54) is 12.8 Å². The molecule has 0 radical (unpaired) electrons. The number of hydrogen-bond acceptors (Lipinski definition) is 4. The standard InChI is InChI=1S/C13H26N4O2S2.HI/c1-2-14-13(16-6-3-4-7-16)15-5-12-21(18,19)17-8-10-20-11-9-17;/h2-12H2,1H3,(H,14,15);1H. The van der Waals surface area contributed by atoms with Crippen LogP contribution in [0.5, 0.6) is 0 Å². The van der Waals surface area contributed by atoms with Gasteiger partial charge in [-0.05, 0) is 19.8 Å². The predicted molar refractivity (Wildman–Crippen MR) is 105 cm³/mol. The molecule has 0 unspecified atom stereocenters. The summed E-state index contributed by atoms with van der Waals surface area (Å²) in [5, 5.41) is 3.25. The van der Waals surface area contributed by atoms with Crippen molar-refractivity contribution in [3.8, 4) is 0 Å². The van der Waals surface area contributed by atoms with E-state index in [1.807, 2.05) is 18.7 Å². The van der Waals surface area contributed by atoms with Crippen LogP contribution in [0.3, 0.4) is 0 Å². The number of rotatable bonds is 5. The molecule has 2 saturated heterocycles. The number of sulfonamides is 1. The molecule has 2 aliphatic heterocycles. The Bertz CT molecular complexity index is 447. The molecule has 1 N–H and O–H groups in total. The minimum absolute atomic E-state index is 0. The summed E-state index contributed by atoms with van der Waals surface area (Å²) in [4.78, 5) is 6.71. The number of guanidine groups is 1. The third kappa shape index (κ3) is 6.04. The molecule has 2 heterocycles. The van der Waals surface area contributed by atoms with Gasteiger partial charge in [0.15, 0.2) is 5.96 Å². The Hall–Kier alpha value is 0.260. The summed E-state index contributed by atoms with van der Waals surface area (Å²) in [7, 11) is -3.15. The van der Waals surface area contributed by atoms with Gasteiger partial charge in [0.2, 0.25) is 10.0 Å². The van der Waals surface area contributed by atoms with E-state index in [9.17, 15) is 8.42 Å². The fraction of sp³-hybridized carbons (Fsp3) is 0.923. The van der Waals surface area contributed by atoms with E-state index in [0.717, 1.165) is 37.1 Å². The first-order valence-electron chi connectivity index (χ1n) is 7.72. The normalized spacial score (nSPS) is 20.8. The maximum Gasteiger partial charge on any atom is 0.215 e. The van der Waals surface area contributed by atoms with E-state index in [-0.39, 0.29) is 29.7 Å². The zero-order valence-electron chi connectivity index (χ0n) is 13.2. The molecule has 0 amide bonds. The monoisotopic (exact) mass is 462 g/mol. The lowest BCUT2D eigenvalue weighted by molar-refractivity contribution is 0.443. The van der Waals surface area contributed by atoms with Crippen LogP contribution in [-0.4, -0.2) is 80.1 Å². The first-order chi connectivity index (χ1) is 10.1. The van der Waals surface area contributed by atoms with Gasteiger partial charge in [0, 0.05) is 44.2 Å². The molecule has 0 aromatic heterocycles. The Morgan fingerprint density at radius 3 is 2.41 bits per heavy atom. The number of nitrogens with zero attached hydrogens (tertiary/aromatic N) is 3. The predicted octanol–water partition coefficient (Wildman–Crippen LogP) is 1.04. The number of halogens is 1. The first-order valence-corrected chi connectivity index (χ1v) is 10.5. The van der Waals surface area contributed by atoms with Crippen molar-refractivity contribution in [1.29, 1.82) is 0 Å². The molecule has 0 saturated carbocycles. The minimum atomic E-state index is -3.15. The van der Waals surface area contributed by atoms with Crippen molar-refractivity contribution in [3.05, 3.63) is 0 Å². The summed E-state index contributed by atoms with van der Waals surface area (Å²) in [6, 6.07) is 0. The Balaban J connectivity index is 0.00000242. The largest absolute Gasteiger partial charge is 0.357 e. The zero-order chi connectivity index (χ0) is 15.1. The number of likely N-dealkylation sites (tertiary alicyclic amines) is 1. The average molecular weight is 462 g/mol. The summed E-state index contributed by atoms with van der Waals surface area (Å²) >= 11 is 1.82. The quantitative estimate of drug-likeness (QED) is 0.376. The number of hydrogen-bond donors (Lipinski definition) is 1. The SMILES string of the molecule is CCNC(=NCCS(=O)(=O)N1CCSCC1)N1CCCC1.I. The van der Waals surface area contributed by atoms with Crippen molar-refractivity contribution in [2.24, 2.45) is 4.99 Å². The van der Waals surface area contributed by atoms with E-state index in [0.29, 0.717) is 19.6 Å². The van der Waals surface area contributed by atoms with Crippen LogP contribution in [-0.2, 0) is 10.0 Å². The van der Waals surface area contributed by atoms with Crippen LogP contribution in [0.2, 0.25) is 0 Å². The highest BCUT2D eigenvalue weighted by atomic mass is 127. The Kier molecular flexibility index (Phi) is 9.41. The van der Waals surface area contributed by atoms with E-state index >= 15 is 0 Å². The van der Waals surface area contributed by atoms with Crippen LogP contribution < -0.4 is 5.32 Å². The van der Waals surface area contributed by atoms with Crippen LogP contribution >= 0.6 is 35.7 Å². The second-order valence-electron chi connectivity index (χ2n) is 5.26. The number of aliphatic imine (C=N–C) groups is 1. The molecule has 22 heavy (non-hydrogen) atoms. The summed E-state index contributed by atoms with van der Waals surface area (Å²) in [5.41, 5.74) is 0. The molecular formula is C13H27IN4O2S2. The van der Waals surface area contributed by atoms with E-state index < -0.39 is 10.0 Å². The Morgan fingerprint density at radius 1 is 1.18 bits per heavy atom. The lowest BCUT2D eigenvalue weighted by atomic mass is 10.4. The van der Waals surface area contributed by atoms with Gasteiger partial charge >= 0.3 is 0 Å². The van der Waals surface area contributed by atoms with Crippen molar-refractivity contribution in [3.63, 3.8) is 0 Å². The molecule has 9 heteroatoms. The molecule has 0 atom stereocenters. The smallest absolute Gasteiger partial charge is 0.215 e.